The SMILES string of the molecule is N[C@H]1CSc2cc(F)c(C(=O)NCC3CCOCC3)cc2N(Cc2ccc(Cl)cc2F)C1=O. The van der Waals surface area contributed by atoms with Gasteiger partial charge in [0.1, 0.15) is 11.6 Å². The van der Waals surface area contributed by atoms with Gasteiger partial charge in [0.15, 0.2) is 0 Å². The lowest BCUT2D eigenvalue weighted by Gasteiger charge is -2.25. The van der Waals surface area contributed by atoms with Crippen LogP contribution in [0, 0.1) is 17.6 Å². The highest BCUT2D eigenvalue weighted by molar-refractivity contribution is 7.99. The number of thioether (sulfide) groups is 1. The normalized spacial score (nSPS) is 19.2. The molecule has 2 aliphatic heterocycles. The highest BCUT2D eigenvalue weighted by atomic mass is 35.5. The first-order valence-electron chi connectivity index (χ1n) is 10.7. The Hall–Kier alpha value is -2.20. The van der Waals surface area contributed by atoms with Gasteiger partial charge in [-0.05, 0) is 43.0 Å². The molecular weight excluding hydrogens is 472 g/mol. The predicted molar refractivity (Wildman–Crippen MR) is 124 cm³/mol. The summed E-state index contributed by atoms with van der Waals surface area (Å²) in [6.07, 6.45) is 1.66. The third-order valence-electron chi connectivity index (χ3n) is 5.82. The number of anilines is 1. The number of carbonyl (C=O) groups excluding carboxylic acids is 2. The van der Waals surface area contributed by atoms with E-state index >= 15 is 0 Å². The monoisotopic (exact) mass is 495 g/mol. The fourth-order valence-electron chi connectivity index (χ4n) is 3.88. The number of nitrogens with one attached hydrogen (secondary N) is 1. The van der Waals surface area contributed by atoms with Crippen molar-refractivity contribution >= 4 is 40.9 Å². The molecular formula is C23H24ClF2N3O3S. The smallest absolute Gasteiger partial charge is 0.254 e. The number of rotatable bonds is 5. The maximum Gasteiger partial charge on any atom is 0.254 e. The summed E-state index contributed by atoms with van der Waals surface area (Å²) in [6.45, 7) is 1.57. The van der Waals surface area contributed by atoms with Gasteiger partial charge in [0.2, 0.25) is 5.91 Å². The highest BCUT2D eigenvalue weighted by Crippen LogP contribution is 2.37. The van der Waals surface area contributed by atoms with Crippen molar-refractivity contribution in [3.8, 4) is 0 Å². The van der Waals surface area contributed by atoms with Gasteiger partial charge in [0.25, 0.3) is 5.91 Å². The van der Waals surface area contributed by atoms with Crippen LogP contribution in [-0.4, -0.2) is 43.4 Å². The number of fused-ring (bicyclic) bond motifs is 1. The Morgan fingerprint density at radius 3 is 2.70 bits per heavy atom. The molecule has 6 nitrogen and oxygen atoms in total. The maximum atomic E-state index is 14.9. The molecule has 1 fully saturated rings. The number of hydrogen-bond donors (Lipinski definition) is 2. The lowest BCUT2D eigenvalue weighted by molar-refractivity contribution is -0.119. The zero-order chi connectivity index (χ0) is 23.5. The summed E-state index contributed by atoms with van der Waals surface area (Å²) < 4.78 is 34.7. The molecule has 2 aromatic rings. The van der Waals surface area contributed by atoms with Crippen molar-refractivity contribution in [2.45, 2.75) is 30.3 Å². The average Bonchev–Trinajstić information content (AvgIpc) is 2.91. The van der Waals surface area contributed by atoms with Gasteiger partial charge in [-0.25, -0.2) is 8.78 Å². The number of halogens is 3. The van der Waals surface area contributed by atoms with Crippen LogP contribution in [-0.2, 0) is 16.1 Å². The Bertz CT molecular complexity index is 1070. The molecule has 0 saturated carbocycles. The standard InChI is InChI=1S/C23H24ClF2N3O3S/c24-15-2-1-14(17(25)7-15)11-29-20-8-16(22(30)28-10-13-3-5-32-6-4-13)18(26)9-21(20)33-12-19(27)23(29)31/h1-2,7-9,13,19H,3-6,10-12,27H2,(H,28,30)/t19-/m0/s1. The summed E-state index contributed by atoms with van der Waals surface area (Å²) >= 11 is 7.07. The van der Waals surface area contributed by atoms with Crippen LogP contribution in [0.4, 0.5) is 14.5 Å². The van der Waals surface area contributed by atoms with Crippen molar-refractivity contribution in [3.63, 3.8) is 0 Å². The van der Waals surface area contributed by atoms with Gasteiger partial charge in [-0.3, -0.25) is 9.59 Å². The van der Waals surface area contributed by atoms with E-state index in [1.165, 1.54) is 40.9 Å². The van der Waals surface area contributed by atoms with Crippen LogP contribution in [0.2, 0.25) is 5.02 Å². The molecule has 0 aromatic heterocycles. The molecule has 10 heteroatoms. The lowest BCUT2D eigenvalue weighted by Crippen LogP contribution is -2.44. The number of nitrogens with zero attached hydrogens (tertiary/aromatic N) is 1. The van der Waals surface area contributed by atoms with Gasteiger partial charge in [0, 0.05) is 41.0 Å². The van der Waals surface area contributed by atoms with Gasteiger partial charge in [0.05, 0.1) is 23.8 Å². The summed E-state index contributed by atoms with van der Waals surface area (Å²) in [5.41, 5.74) is 6.40. The summed E-state index contributed by atoms with van der Waals surface area (Å²) in [5, 5.41) is 3.02. The molecule has 3 N–H and O–H groups in total. The zero-order valence-electron chi connectivity index (χ0n) is 17.8. The first-order valence-corrected chi connectivity index (χ1v) is 12.0. The Morgan fingerprint density at radius 2 is 1.97 bits per heavy atom. The minimum Gasteiger partial charge on any atom is -0.381 e. The molecule has 2 aromatic carbocycles. The van der Waals surface area contributed by atoms with E-state index in [-0.39, 0.29) is 34.4 Å². The summed E-state index contributed by atoms with van der Waals surface area (Å²) in [4.78, 5) is 27.6. The Labute approximate surface area is 199 Å². The number of benzene rings is 2. The molecule has 0 bridgehead atoms. The summed E-state index contributed by atoms with van der Waals surface area (Å²) in [5.74, 6) is -1.75. The molecule has 176 valence electrons. The van der Waals surface area contributed by atoms with E-state index in [1.807, 2.05) is 0 Å². The van der Waals surface area contributed by atoms with E-state index in [1.54, 1.807) is 0 Å². The largest absolute Gasteiger partial charge is 0.381 e. The van der Waals surface area contributed by atoms with Crippen LogP contribution in [0.25, 0.3) is 0 Å². The van der Waals surface area contributed by atoms with E-state index in [0.717, 1.165) is 18.9 Å². The number of amides is 2. The van der Waals surface area contributed by atoms with E-state index in [2.05, 4.69) is 5.32 Å². The predicted octanol–water partition coefficient (Wildman–Crippen LogP) is 3.74. The van der Waals surface area contributed by atoms with Crippen molar-refractivity contribution in [2.24, 2.45) is 11.7 Å². The lowest BCUT2D eigenvalue weighted by atomic mass is 10.0. The molecule has 2 aliphatic rings. The van der Waals surface area contributed by atoms with Gasteiger partial charge in [-0.15, -0.1) is 11.8 Å². The number of nitrogens with two attached hydrogens (primary N) is 1. The second-order valence-electron chi connectivity index (χ2n) is 8.14. The molecule has 0 aliphatic carbocycles. The molecule has 1 saturated heterocycles. The minimum atomic E-state index is -0.855. The third-order valence-corrected chi connectivity index (χ3v) is 7.22. The van der Waals surface area contributed by atoms with Crippen LogP contribution < -0.4 is 16.0 Å². The van der Waals surface area contributed by atoms with E-state index in [4.69, 9.17) is 22.1 Å². The van der Waals surface area contributed by atoms with E-state index in [9.17, 15) is 18.4 Å². The molecule has 33 heavy (non-hydrogen) atoms. The van der Waals surface area contributed by atoms with Gasteiger partial charge in [-0.2, -0.15) is 0 Å². The van der Waals surface area contributed by atoms with Crippen LogP contribution >= 0.6 is 23.4 Å². The van der Waals surface area contributed by atoms with Crippen LogP contribution in [0.3, 0.4) is 0 Å². The maximum absolute atomic E-state index is 14.9. The number of carbonyl (C=O) groups is 2. The van der Waals surface area contributed by atoms with E-state index in [0.29, 0.717) is 30.3 Å². The van der Waals surface area contributed by atoms with Crippen molar-refractivity contribution in [1.29, 1.82) is 0 Å². The molecule has 0 unspecified atom stereocenters. The van der Waals surface area contributed by atoms with Gasteiger partial charge >= 0.3 is 0 Å². The van der Waals surface area contributed by atoms with Gasteiger partial charge < -0.3 is 20.7 Å². The first kappa shape index (κ1) is 23.9. The van der Waals surface area contributed by atoms with Crippen LogP contribution in [0.1, 0.15) is 28.8 Å². The van der Waals surface area contributed by atoms with E-state index < -0.39 is 29.5 Å². The van der Waals surface area contributed by atoms with Crippen molar-refractivity contribution in [1.82, 2.24) is 5.32 Å². The van der Waals surface area contributed by atoms with Crippen LogP contribution in [0.15, 0.2) is 35.2 Å². The molecule has 0 spiro atoms. The molecule has 0 radical (unpaired) electrons. The molecule has 1 atom stereocenters. The molecule has 4 rings (SSSR count). The zero-order valence-corrected chi connectivity index (χ0v) is 19.4. The Morgan fingerprint density at radius 1 is 1.21 bits per heavy atom. The first-order chi connectivity index (χ1) is 15.8. The van der Waals surface area contributed by atoms with Crippen molar-refractivity contribution in [3.05, 3.63) is 58.1 Å². The van der Waals surface area contributed by atoms with Crippen molar-refractivity contribution < 1.29 is 23.1 Å². The summed E-state index contributed by atoms with van der Waals surface area (Å²) in [6, 6.07) is 5.90. The quantitative estimate of drug-likeness (QED) is 0.660. The molecule has 2 heterocycles. The van der Waals surface area contributed by atoms with Crippen LogP contribution in [0.5, 0.6) is 0 Å². The number of ether oxygens (including phenoxy) is 1. The van der Waals surface area contributed by atoms with Gasteiger partial charge in [-0.1, -0.05) is 17.7 Å². The second-order valence-corrected chi connectivity index (χ2v) is 9.64. The fourth-order valence-corrected chi connectivity index (χ4v) is 5.04. The minimum absolute atomic E-state index is 0.127. The number of hydrogen-bond acceptors (Lipinski definition) is 5. The Kier molecular flexibility index (Phi) is 7.53. The fraction of sp³-hybridized carbons (Fsp3) is 0.391. The Balaban J connectivity index is 1.63. The van der Waals surface area contributed by atoms with Crippen molar-refractivity contribution in [2.75, 3.05) is 30.4 Å². The third kappa shape index (κ3) is 5.48. The molecule has 2 amide bonds. The second kappa shape index (κ2) is 10.4. The highest BCUT2D eigenvalue weighted by Gasteiger charge is 2.31. The topological polar surface area (TPSA) is 84.7 Å². The summed E-state index contributed by atoms with van der Waals surface area (Å²) in [7, 11) is 0. The average molecular weight is 496 g/mol.